The van der Waals surface area contributed by atoms with E-state index in [0.29, 0.717) is 25.1 Å². The zero-order valence-corrected chi connectivity index (χ0v) is 21.4. The molecule has 1 aliphatic heterocycles. The number of halogens is 4. The van der Waals surface area contributed by atoms with Gasteiger partial charge in [-0.25, -0.2) is 19.2 Å². The number of likely N-dealkylation sites (N-methyl/N-ethyl adjacent to an activating group) is 1. The summed E-state index contributed by atoms with van der Waals surface area (Å²) in [5.41, 5.74) is 1.62. The van der Waals surface area contributed by atoms with Crippen molar-refractivity contribution in [3.8, 4) is 11.6 Å². The van der Waals surface area contributed by atoms with Gasteiger partial charge in [0.1, 0.15) is 12.1 Å². The van der Waals surface area contributed by atoms with Crippen molar-refractivity contribution in [3.63, 3.8) is 0 Å². The summed E-state index contributed by atoms with van der Waals surface area (Å²) in [7, 11) is 1.99. The minimum absolute atomic E-state index is 0.0488. The highest BCUT2D eigenvalue weighted by Gasteiger charge is 2.34. The van der Waals surface area contributed by atoms with E-state index in [-0.39, 0.29) is 40.9 Å². The number of anilines is 2. The predicted octanol–water partition coefficient (Wildman–Crippen LogP) is 6.43. The van der Waals surface area contributed by atoms with Crippen LogP contribution in [-0.2, 0) is 19.1 Å². The lowest BCUT2D eigenvalue weighted by Gasteiger charge is -2.33. The summed E-state index contributed by atoms with van der Waals surface area (Å²) in [5.74, 6) is -0.934. The van der Waals surface area contributed by atoms with Gasteiger partial charge in [0.15, 0.2) is 11.6 Å². The number of ether oxygens (including phenoxy) is 1. The second-order valence-electron chi connectivity index (χ2n) is 9.78. The average molecular weight is 539 g/mol. The van der Waals surface area contributed by atoms with Gasteiger partial charge in [0, 0.05) is 44.0 Å². The fourth-order valence-corrected chi connectivity index (χ4v) is 4.77. The van der Waals surface area contributed by atoms with E-state index in [0.717, 1.165) is 36.6 Å². The molecule has 0 spiro atoms. The van der Waals surface area contributed by atoms with Crippen LogP contribution in [0, 0.1) is 12.4 Å². The Bertz CT molecular complexity index is 1470. The summed E-state index contributed by atoms with van der Waals surface area (Å²) in [4.78, 5) is 15.6. The fourth-order valence-electron chi connectivity index (χ4n) is 4.77. The number of hydrogen-bond acceptors (Lipinski definition) is 6. The van der Waals surface area contributed by atoms with Gasteiger partial charge in [-0.1, -0.05) is 23.8 Å². The Morgan fingerprint density at radius 2 is 1.87 bits per heavy atom. The molecule has 1 aromatic heterocycles. The van der Waals surface area contributed by atoms with Crippen molar-refractivity contribution < 1.29 is 22.3 Å². The molecule has 11 heteroatoms. The molecule has 1 saturated heterocycles. The largest absolute Gasteiger partial charge is 0.446 e. The summed E-state index contributed by atoms with van der Waals surface area (Å²) in [6.45, 7) is 12.7. The Morgan fingerprint density at radius 1 is 1.10 bits per heavy atom. The molecule has 1 fully saturated rings. The molecule has 0 bridgehead atoms. The minimum Gasteiger partial charge on any atom is -0.446 e. The van der Waals surface area contributed by atoms with Crippen LogP contribution < -0.4 is 10.1 Å². The number of aromatic nitrogens is 2. The Labute approximate surface area is 223 Å². The lowest BCUT2D eigenvalue weighted by molar-refractivity contribution is -0.138. The van der Waals surface area contributed by atoms with Gasteiger partial charge in [-0.3, -0.25) is 4.90 Å². The highest BCUT2D eigenvalue weighted by Crippen LogP contribution is 2.40. The molecule has 39 heavy (non-hydrogen) atoms. The highest BCUT2D eigenvalue weighted by atomic mass is 19.4. The van der Waals surface area contributed by atoms with Gasteiger partial charge >= 0.3 is 6.18 Å². The molecule has 1 aliphatic carbocycles. The van der Waals surface area contributed by atoms with Crippen LogP contribution in [0.5, 0.6) is 11.6 Å². The molecule has 3 aromatic rings. The van der Waals surface area contributed by atoms with Crippen molar-refractivity contribution >= 4 is 23.3 Å². The predicted molar refractivity (Wildman–Crippen MR) is 140 cm³/mol. The van der Waals surface area contributed by atoms with E-state index in [1.54, 1.807) is 12.1 Å². The number of alkyl halides is 3. The first-order valence-electron chi connectivity index (χ1n) is 12.4. The van der Waals surface area contributed by atoms with Crippen molar-refractivity contribution in [3.05, 3.63) is 81.7 Å². The second-order valence-corrected chi connectivity index (χ2v) is 9.78. The first-order chi connectivity index (χ1) is 18.6. The molecule has 7 nitrogen and oxygen atoms in total. The summed E-state index contributed by atoms with van der Waals surface area (Å²) in [5, 5.41) is 2.79. The van der Waals surface area contributed by atoms with Gasteiger partial charge < -0.3 is 15.0 Å². The van der Waals surface area contributed by atoms with Crippen molar-refractivity contribution in [1.29, 1.82) is 0 Å². The molecule has 2 heterocycles. The van der Waals surface area contributed by atoms with Crippen LogP contribution in [0.4, 0.5) is 34.8 Å². The SMILES string of the molecule is [C-]#[N+]c1c(Nc2ccc(CN3CCN(C)CC3)c(C(F)(F)F)c2)ncnc1Oc1ccc2c(c1F)C=C(C)C2. The number of rotatable bonds is 6. The number of hydrogen-bond donors (Lipinski definition) is 1. The maximum Gasteiger partial charge on any atom is 0.416 e. The summed E-state index contributed by atoms with van der Waals surface area (Å²) >= 11 is 0. The van der Waals surface area contributed by atoms with Crippen LogP contribution >= 0.6 is 0 Å². The third-order valence-corrected chi connectivity index (χ3v) is 6.87. The molecule has 2 aromatic carbocycles. The van der Waals surface area contributed by atoms with E-state index in [1.807, 2.05) is 18.9 Å². The van der Waals surface area contributed by atoms with E-state index >= 15 is 4.39 Å². The van der Waals surface area contributed by atoms with Crippen molar-refractivity contribution in [2.75, 3.05) is 38.5 Å². The first kappa shape index (κ1) is 26.6. The second kappa shape index (κ2) is 10.6. The zero-order chi connectivity index (χ0) is 27.7. The molecular formula is C28H26F4N6O. The van der Waals surface area contributed by atoms with E-state index in [9.17, 15) is 13.2 Å². The molecule has 0 atom stereocenters. The Hall–Kier alpha value is -4.01. The standard InChI is InChI=1S/C28H26F4N6O/c1-17-12-18-5-7-23(24(29)21(18)13-17)39-27-25(33-2)26(34-16-35-27)36-20-6-4-19(22(14-20)28(30,31)32)15-38-10-8-37(3)9-11-38/h4-7,13-14,16H,8-12,15H2,1,3H3,(H,34,35,36). The van der Waals surface area contributed by atoms with E-state index in [1.165, 1.54) is 18.2 Å². The first-order valence-corrected chi connectivity index (χ1v) is 12.4. The Kier molecular flexibility index (Phi) is 7.25. The molecule has 2 aliphatic rings. The monoisotopic (exact) mass is 538 g/mol. The van der Waals surface area contributed by atoms with Gasteiger partial charge in [-0.2, -0.15) is 13.2 Å². The third-order valence-electron chi connectivity index (χ3n) is 6.87. The lowest BCUT2D eigenvalue weighted by atomic mass is 10.0. The lowest BCUT2D eigenvalue weighted by Crippen LogP contribution is -2.44. The third kappa shape index (κ3) is 5.72. The maximum absolute atomic E-state index is 15.1. The Balaban J connectivity index is 1.41. The molecule has 1 N–H and O–H groups in total. The number of nitrogens with zero attached hydrogens (tertiary/aromatic N) is 5. The van der Waals surface area contributed by atoms with Crippen LogP contribution in [0.25, 0.3) is 10.9 Å². The summed E-state index contributed by atoms with van der Waals surface area (Å²) in [6.07, 6.45) is -1.07. The van der Waals surface area contributed by atoms with Crippen LogP contribution in [0.1, 0.15) is 29.2 Å². The highest BCUT2D eigenvalue weighted by molar-refractivity contribution is 5.76. The van der Waals surface area contributed by atoms with Gasteiger partial charge in [0.25, 0.3) is 5.69 Å². The Morgan fingerprint density at radius 3 is 2.59 bits per heavy atom. The number of allylic oxidation sites excluding steroid dienone is 1. The minimum atomic E-state index is -4.57. The smallest absolute Gasteiger partial charge is 0.416 e. The number of benzene rings is 2. The number of fused-ring (bicyclic) bond motifs is 1. The normalized spacial score (nSPS) is 16.0. The van der Waals surface area contributed by atoms with Gasteiger partial charge in [0.05, 0.1) is 12.1 Å². The van der Waals surface area contributed by atoms with Crippen LogP contribution in [0.15, 0.2) is 42.2 Å². The molecule has 0 amide bonds. The summed E-state index contributed by atoms with van der Waals surface area (Å²) in [6, 6.07) is 7.19. The molecule has 202 valence electrons. The fraction of sp³-hybridized carbons (Fsp3) is 0.321. The van der Waals surface area contributed by atoms with Crippen LogP contribution in [0.3, 0.4) is 0 Å². The molecular weight excluding hydrogens is 512 g/mol. The van der Waals surface area contributed by atoms with Gasteiger partial charge in [-0.15, -0.1) is 0 Å². The van der Waals surface area contributed by atoms with Crippen molar-refractivity contribution in [2.45, 2.75) is 26.1 Å². The van der Waals surface area contributed by atoms with E-state index in [2.05, 4.69) is 25.0 Å². The van der Waals surface area contributed by atoms with Crippen molar-refractivity contribution in [2.24, 2.45) is 0 Å². The van der Waals surface area contributed by atoms with Crippen LogP contribution in [0.2, 0.25) is 0 Å². The van der Waals surface area contributed by atoms with Crippen LogP contribution in [-0.4, -0.2) is 53.0 Å². The maximum atomic E-state index is 15.1. The average Bonchev–Trinajstić information content (AvgIpc) is 3.29. The quantitative estimate of drug-likeness (QED) is 0.289. The topological polar surface area (TPSA) is 57.9 Å². The molecule has 0 saturated carbocycles. The molecule has 0 radical (unpaired) electrons. The van der Waals surface area contributed by atoms with E-state index in [4.69, 9.17) is 11.3 Å². The van der Waals surface area contributed by atoms with Gasteiger partial charge in [-0.05, 0) is 49.7 Å². The van der Waals surface area contributed by atoms with E-state index < -0.39 is 17.6 Å². The van der Waals surface area contributed by atoms with Gasteiger partial charge in [0.2, 0.25) is 5.88 Å². The summed E-state index contributed by atoms with van der Waals surface area (Å²) < 4.78 is 62.8. The number of nitrogens with one attached hydrogen (secondary N) is 1. The molecule has 0 unspecified atom stereocenters. The zero-order valence-electron chi connectivity index (χ0n) is 21.4. The molecule has 5 rings (SSSR count). The van der Waals surface area contributed by atoms with Crippen molar-refractivity contribution in [1.82, 2.24) is 19.8 Å². The number of piperazine rings is 1.